The zero-order valence-corrected chi connectivity index (χ0v) is 14.3. The van der Waals surface area contributed by atoms with Crippen molar-refractivity contribution in [1.29, 1.82) is 0 Å². The van der Waals surface area contributed by atoms with Gasteiger partial charge in [-0.1, -0.05) is 39.8 Å². The van der Waals surface area contributed by atoms with Gasteiger partial charge in [0.1, 0.15) is 11.8 Å². The lowest BCUT2D eigenvalue weighted by molar-refractivity contribution is -0.142. The SMILES string of the molecule is CC(C)COc1ccc(CC(=O)NC(CC(C)C)C(=O)O)cc1. The molecule has 0 aromatic heterocycles. The van der Waals surface area contributed by atoms with Crippen LogP contribution in [-0.4, -0.2) is 29.6 Å². The number of carbonyl (C=O) groups excluding carboxylic acids is 1. The minimum atomic E-state index is -0.996. The van der Waals surface area contributed by atoms with E-state index in [4.69, 9.17) is 9.84 Å². The second-order valence-electron chi connectivity index (χ2n) is 6.61. The summed E-state index contributed by atoms with van der Waals surface area (Å²) in [6.45, 7) is 8.66. The second kappa shape index (κ2) is 9.18. The maximum absolute atomic E-state index is 12.0. The molecule has 23 heavy (non-hydrogen) atoms. The molecular weight excluding hydrogens is 294 g/mol. The van der Waals surface area contributed by atoms with Crippen molar-refractivity contribution in [1.82, 2.24) is 5.32 Å². The highest BCUT2D eigenvalue weighted by Crippen LogP contribution is 2.14. The lowest BCUT2D eigenvalue weighted by Crippen LogP contribution is -2.42. The summed E-state index contributed by atoms with van der Waals surface area (Å²) < 4.78 is 5.59. The van der Waals surface area contributed by atoms with Crippen molar-refractivity contribution < 1.29 is 19.4 Å². The molecule has 0 saturated heterocycles. The highest BCUT2D eigenvalue weighted by Gasteiger charge is 2.20. The van der Waals surface area contributed by atoms with Crippen LogP contribution in [0.4, 0.5) is 0 Å². The number of hydrogen-bond acceptors (Lipinski definition) is 3. The van der Waals surface area contributed by atoms with Crippen LogP contribution in [0, 0.1) is 11.8 Å². The summed E-state index contributed by atoms with van der Waals surface area (Å²) >= 11 is 0. The van der Waals surface area contributed by atoms with Crippen molar-refractivity contribution in [3.63, 3.8) is 0 Å². The largest absolute Gasteiger partial charge is 0.493 e. The Balaban J connectivity index is 2.54. The van der Waals surface area contributed by atoms with E-state index in [0.29, 0.717) is 18.9 Å². The quantitative estimate of drug-likeness (QED) is 0.733. The van der Waals surface area contributed by atoms with Gasteiger partial charge in [-0.2, -0.15) is 0 Å². The van der Waals surface area contributed by atoms with E-state index >= 15 is 0 Å². The van der Waals surface area contributed by atoms with E-state index in [1.54, 1.807) is 0 Å². The topological polar surface area (TPSA) is 75.6 Å². The molecule has 0 saturated carbocycles. The molecule has 0 aliphatic carbocycles. The summed E-state index contributed by atoms with van der Waals surface area (Å²) in [7, 11) is 0. The average Bonchev–Trinajstić information content (AvgIpc) is 2.45. The molecule has 1 atom stereocenters. The fraction of sp³-hybridized carbons (Fsp3) is 0.556. The molecule has 5 nitrogen and oxygen atoms in total. The Bertz CT molecular complexity index is 508. The standard InChI is InChI=1S/C18H27NO4/c1-12(2)9-16(18(21)22)19-17(20)10-14-5-7-15(8-6-14)23-11-13(3)4/h5-8,12-13,16H,9-11H2,1-4H3,(H,19,20)(H,21,22). The maximum Gasteiger partial charge on any atom is 0.326 e. The van der Waals surface area contributed by atoms with Crippen LogP contribution >= 0.6 is 0 Å². The highest BCUT2D eigenvalue weighted by atomic mass is 16.5. The molecule has 2 N–H and O–H groups in total. The van der Waals surface area contributed by atoms with Crippen LogP contribution in [-0.2, 0) is 16.0 Å². The van der Waals surface area contributed by atoms with Crippen LogP contribution in [0.3, 0.4) is 0 Å². The monoisotopic (exact) mass is 321 g/mol. The number of amides is 1. The molecule has 5 heteroatoms. The Morgan fingerprint density at radius 2 is 1.70 bits per heavy atom. The number of carbonyl (C=O) groups is 2. The Hall–Kier alpha value is -2.04. The molecule has 0 spiro atoms. The van der Waals surface area contributed by atoms with Crippen molar-refractivity contribution in [2.75, 3.05) is 6.61 Å². The van der Waals surface area contributed by atoms with E-state index in [1.807, 2.05) is 38.1 Å². The van der Waals surface area contributed by atoms with Crippen LogP contribution in [0.15, 0.2) is 24.3 Å². The third kappa shape index (κ3) is 7.68. The number of hydrogen-bond donors (Lipinski definition) is 2. The number of nitrogens with one attached hydrogen (secondary N) is 1. The summed E-state index contributed by atoms with van der Waals surface area (Å²) in [5.41, 5.74) is 0.827. The lowest BCUT2D eigenvalue weighted by Gasteiger charge is -2.16. The lowest BCUT2D eigenvalue weighted by atomic mass is 10.0. The number of ether oxygens (including phenoxy) is 1. The molecule has 0 aliphatic heterocycles. The van der Waals surface area contributed by atoms with Crippen molar-refractivity contribution in [3.8, 4) is 5.75 Å². The van der Waals surface area contributed by atoms with E-state index in [0.717, 1.165) is 11.3 Å². The van der Waals surface area contributed by atoms with Gasteiger partial charge in [-0.15, -0.1) is 0 Å². The number of rotatable bonds is 9. The highest BCUT2D eigenvalue weighted by molar-refractivity contribution is 5.84. The van der Waals surface area contributed by atoms with Gasteiger partial charge in [0, 0.05) is 0 Å². The van der Waals surface area contributed by atoms with E-state index in [-0.39, 0.29) is 18.2 Å². The molecule has 1 aromatic rings. The van der Waals surface area contributed by atoms with Crippen molar-refractivity contribution >= 4 is 11.9 Å². The van der Waals surface area contributed by atoms with E-state index in [2.05, 4.69) is 19.2 Å². The molecule has 0 bridgehead atoms. The summed E-state index contributed by atoms with van der Waals surface area (Å²) in [6.07, 6.45) is 0.579. The Labute approximate surface area is 138 Å². The van der Waals surface area contributed by atoms with E-state index < -0.39 is 12.0 Å². The zero-order valence-electron chi connectivity index (χ0n) is 14.3. The molecule has 1 rings (SSSR count). The maximum atomic E-state index is 12.0. The number of carboxylic acids is 1. The second-order valence-corrected chi connectivity index (χ2v) is 6.61. The molecule has 0 fully saturated rings. The number of aliphatic carboxylic acids is 1. The summed E-state index contributed by atoms with van der Waals surface area (Å²) in [6, 6.07) is 6.47. The van der Waals surface area contributed by atoms with Crippen LogP contribution in [0.25, 0.3) is 0 Å². The molecule has 128 valence electrons. The smallest absolute Gasteiger partial charge is 0.326 e. The van der Waals surface area contributed by atoms with Crippen LogP contribution in [0.5, 0.6) is 5.75 Å². The minimum absolute atomic E-state index is 0.159. The molecular formula is C18H27NO4. The number of benzene rings is 1. The Morgan fingerprint density at radius 3 is 2.17 bits per heavy atom. The van der Waals surface area contributed by atoms with Gasteiger partial charge in [0.05, 0.1) is 13.0 Å². The van der Waals surface area contributed by atoms with Gasteiger partial charge >= 0.3 is 5.97 Å². The minimum Gasteiger partial charge on any atom is -0.493 e. The Morgan fingerprint density at radius 1 is 1.09 bits per heavy atom. The normalized spacial score (nSPS) is 12.3. The van der Waals surface area contributed by atoms with Gasteiger partial charge in [-0.05, 0) is 36.0 Å². The van der Waals surface area contributed by atoms with E-state index in [9.17, 15) is 9.59 Å². The average molecular weight is 321 g/mol. The van der Waals surface area contributed by atoms with Gasteiger partial charge in [0.25, 0.3) is 0 Å². The summed E-state index contributed by atoms with van der Waals surface area (Å²) in [4.78, 5) is 23.2. The Kier molecular flexibility index (Phi) is 7.59. The molecule has 1 unspecified atom stereocenters. The first-order valence-corrected chi connectivity index (χ1v) is 8.01. The fourth-order valence-corrected chi connectivity index (χ4v) is 2.09. The first-order chi connectivity index (χ1) is 10.8. The van der Waals surface area contributed by atoms with Crippen LogP contribution < -0.4 is 10.1 Å². The van der Waals surface area contributed by atoms with Crippen molar-refractivity contribution in [3.05, 3.63) is 29.8 Å². The van der Waals surface area contributed by atoms with Gasteiger partial charge in [0.2, 0.25) is 5.91 Å². The predicted octanol–water partition coefficient (Wildman–Crippen LogP) is 2.88. The van der Waals surface area contributed by atoms with Crippen LogP contribution in [0.1, 0.15) is 39.7 Å². The molecule has 0 aliphatic rings. The predicted molar refractivity (Wildman–Crippen MR) is 89.5 cm³/mol. The van der Waals surface area contributed by atoms with E-state index in [1.165, 1.54) is 0 Å². The first-order valence-electron chi connectivity index (χ1n) is 8.01. The molecule has 1 amide bonds. The zero-order chi connectivity index (χ0) is 17.4. The summed E-state index contributed by atoms with van der Waals surface area (Å²) in [5.74, 6) is 0.146. The van der Waals surface area contributed by atoms with Gasteiger partial charge in [-0.3, -0.25) is 4.79 Å². The van der Waals surface area contributed by atoms with Crippen LogP contribution in [0.2, 0.25) is 0 Å². The summed E-state index contributed by atoms with van der Waals surface area (Å²) in [5, 5.41) is 11.7. The first kappa shape index (κ1) is 19.0. The molecule has 0 radical (unpaired) electrons. The fourth-order valence-electron chi connectivity index (χ4n) is 2.09. The van der Waals surface area contributed by atoms with Gasteiger partial charge in [-0.25, -0.2) is 4.79 Å². The van der Waals surface area contributed by atoms with Crippen molar-refractivity contribution in [2.24, 2.45) is 11.8 Å². The number of carboxylic acid groups (broad SMARTS) is 1. The molecule has 0 heterocycles. The van der Waals surface area contributed by atoms with Gasteiger partial charge in [0.15, 0.2) is 0 Å². The van der Waals surface area contributed by atoms with Gasteiger partial charge < -0.3 is 15.2 Å². The third-order valence-corrected chi connectivity index (χ3v) is 3.21. The van der Waals surface area contributed by atoms with Crippen molar-refractivity contribution in [2.45, 2.75) is 46.6 Å². The molecule has 1 aromatic carbocycles. The third-order valence-electron chi connectivity index (χ3n) is 3.21.